The minimum absolute atomic E-state index is 0.225. The summed E-state index contributed by atoms with van der Waals surface area (Å²) in [6.07, 6.45) is 1.76. The highest BCUT2D eigenvalue weighted by molar-refractivity contribution is 9.10. The highest BCUT2D eigenvalue weighted by Gasteiger charge is 2.10. The van der Waals surface area contributed by atoms with E-state index in [4.69, 9.17) is 9.47 Å². The molecule has 0 radical (unpaired) electrons. The van der Waals surface area contributed by atoms with Gasteiger partial charge in [0.25, 0.3) is 0 Å². The second-order valence-electron chi connectivity index (χ2n) is 4.13. The molecule has 20 heavy (non-hydrogen) atoms. The Kier molecular flexibility index (Phi) is 7.99. The molecule has 0 spiro atoms. The average molecular weight is 342 g/mol. The summed E-state index contributed by atoms with van der Waals surface area (Å²) in [5, 5.41) is 0. The number of hydrogen-bond acceptors (Lipinski definition) is 4. The quantitative estimate of drug-likeness (QED) is 0.511. The van der Waals surface area contributed by atoms with Gasteiger partial charge >= 0.3 is 5.97 Å². The third-order valence-corrected chi connectivity index (χ3v) is 3.01. The van der Waals surface area contributed by atoms with E-state index in [2.05, 4.69) is 22.5 Å². The average Bonchev–Trinajstić information content (AvgIpc) is 2.39. The third-order valence-electron chi connectivity index (χ3n) is 2.52. The zero-order valence-corrected chi connectivity index (χ0v) is 13.3. The van der Waals surface area contributed by atoms with E-state index in [9.17, 15) is 4.79 Å². The Hall–Kier alpha value is -1.33. The van der Waals surface area contributed by atoms with E-state index >= 15 is 0 Å². The fourth-order valence-electron chi connectivity index (χ4n) is 1.66. The van der Waals surface area contributed by atoms with Crippen molar-refractivity contribution in [3.8, 4) is 5.75 Å². The van der Waals surface area contributed by atoms with Gasteiger partial charge in [-0.1, -0.05) is 28.1 Å². The highest BCUT2D eigenvalue weighted by atomic mass is 79.9. The van der Waals surface area contributed by atoms with Crippen LogP contribution >= 0.6 is 15.9 Å². The number of benzene rings is 1. The van der Waals surface area contributed by atoms with Crippen LogP contribution in [0.4, 0.5) is 0 Å². The molecule has 5 heteroatoms. The normalized spacial score (nSPS) is 10.3. The molecule has 1 aromatic rings. The number of hydrogen-bond donors (Lipinski definition) is 0. The van der Waals surface area contributed by atoms with Crippen LogP contribution in [0.2, 0.25) is 0 Å². The molecule has 1 aromatic carbocycles. The molecule has 0 unspecified atom stereocenters. The second kappa shape index (κ2) is 9.55. The number of nitrogens with zero attached hydrogens (tertiary/aromatic N) is 1. The lowest BCUT2D eigenvalue weighted by atomic mass is 10.3. The molecule has 0 fully saturated rings. The molecule has 0 amide bonds. The van der Waals surface area contributed by atoms with Crippen molar-refractivity contribution in [3.63, 3.8) is 0 Å². The summed E-state index contributed by atoms with van der Waals surface area (Å²) in [5.74, 6) is 0.575. The van der Waals surface area contributed by atoms with Gasteiger partial charge in [-0.25, -0.2) is 0 Å². The monoisotopic (exact) mass is 341 g/mol. The topological polar surface area (TPSA) is 38.8 Å². The molecule has 110 valence electrons. The lowest BCUT2D eigenvalue weighted by Gasteiger charge is -2.19. The first-order valence-corrected chi connectivity index (χ1v) is 7.32. The molecule has 0 atom stereocenters. The predicted molar refractivity (Wildman–Crippen MR) is 82.9 cm³/mol. The van der Waals surface area contributed by atoms with Crippen molar-refractivity contribution in [2.75, 3.05) is 32.8 Å². The van der Waals surface area contributed by atoms with Gasteiger partial charge in [0, 0.05) is 17.6 Å². The van der Waals surface area contributed by atoms with Crippen molar-refractivity contribution in [2.45, 2.75) is 6.92 Å². The maximum Gasteiger partial charge on any atom is 0.320 e. The second-order valence-corrected chi connectivity index (χ2v) is 5.05. The summed E-state index contributed by atoms with van der Waals surface area (Å²) in [5.41, 5.74) is 0. The summed E-state index contributed by atoms with van der Waals surface area (Å²) < 4.78 is 11.6. The summed E-state index contributed by atoms with van der Waals surface area (Å²) in [6, 6.07) is 7.66. The van der Waals surface area contributed by atoms with E-state index in [0.717, 1.165) is 10.2 Å². The van der Waals surface area contributed by atoms with E-state index in [1.54, 1.807) is 13.0 Å². The molecular formula is C15H20BrNO3. The van der Waals surface area contributed by atoms with E-state index in [1.807, 2.05) is 29.2 Å². The molecule has 0 heterocycles. The van der Waals surface area contributed by atoms with Crippen molar-refractivity contribution in [2.24, 2.45) is 0 Å². The fraction of sp³-hybridized carbons (Fsp3) is 0.400. The number of carbonyl (C=O) groups is 1. The maximum atomic E-state index is 11.5. The first-order chi connectivity index (χ1) is 9.65. The van der Waals surface area contributed by atoms with Crippen LogP contribution in [0, 0.1) is 0 Å². The van der Waals surface area contributed by atoms with Crippen molar-refractivity contribution in [1.82, 2.24) is 4.90 Å². The smallest absolute Gasteiger partial charge is 0.320 e. The Morgan fingerprint density at radius 3 is 2.95 bits per heavy atom. The SMILES string of the molecule is C=CCN(CCOc1cccc(Br)c1)CC(=O)OCC. The van der Waals surface area contributed by atoms with Gasteiger partial charge in [0.05, 0.1) is 13.2 Å². The molecular weight excluding hydrogens is 322 g/mol. The lowest BCUT2D eigenvalue weighted by Crippen LogP contribution is -2.34. The molecule has 0 N–H and O–H groups in total. The molecule has 0 aliphatic carbocycles. The molecule has 1 rings (SSSR count). The molecule has 0 aromatic heterocycles. The van der Waals surface area contributed by atoms with Crippen molar-refractivity contribution in [1.29, 1.82) is 0 Å². The first kappa shape index (κ1) is 16.7. The fourth-order valence-corrected chi connectivity index (χ4v) is 2.03. The van der Waals surface area contributed by atoms with E-state index in [0.29, 0.717) is 26.3 Å². The largest absolute Gasteiger partial charge is 0.492 e. The standard InChI is InChI=1S/C15H20BrNO3/c1-3-8-17(12-15(18)19-4-2)9-10-20-14-7-5-6-13(16)11-14/h3,5-7,11H,1,4,8-10,12H2,2H3. The van der Waals surface area contributed by atoms with Crippen molar-refractivity contribution in [3.05, 3.63) is 41.4 Å². The number of rotatable bonds is 9. The van der Waals surface area contributed by atoms with E-state index in [-0.39, 0.29) is 12.5 Å². The Morgan fingerprint density at radius 2 is 2.30 bits per heavy atom. The zero-order chi connectivity index (χ0) is 14.8. The Bertz CT molecular complexity index is 437. The van der Waals surface area contributed by atoms with Crippen LogP contribution in [-0.2, 0) is 9.53 Å². The molecule has 4 nitrogen and oxygen atoms in total. The molecule has 0 bridgehead atoms. The van der Waals surface area contributed by atoms with Gasteiger partial charge in [-0.05, 0) is 25.1 Å². The van der Waals surface area contributed by atoms with Gasteiger partial charge in [-0.2, -0.15) is 0 Å². The Morgan fingerprint density at radius 1 is 1.50 bits per heavy atom. The van der Waals surface area contributed by atoms with Crippen LogP contribution in [0.25, 0.3) is 0 Å². The number of ether oxygens (including phenoxy) is 2. The minimum Gasteiger partial charge on any atom is -0.492 e. The van der Waals surface area contributed by atoms with Crippen molar-refractivity contribution >= 4 is 21.9 Å². The third kappa shape index (κ3) is 6.73. The van der Waals surface area contributed by atoms with Gasteiger partial charge in [-0.15, -0.1) is 6.58 Å². The molecule has 0 aliphatic heterocycles. The van der Waals surface area contributed by atoms with Gasteiger partial charge in [0.15, 0.2) is 0 Å². The van der Waals surface area contributed by atoms with Crippen LogP contribution in [0.15, 0.2) is 41.4 Å². The van der Waals surface area contributed by atoms with Gasteiger partial charge < -0.3 is 9.47 Å². The summed E-state index contributed by atoms with van der Waals surface area (Å²) >= 11 is 3.39. The predicted octanol–water partition coefficient (Wildman–Crippen LogP) is 2.88. The summed E-state index contributed by atoms with van der Waals surface area (Å²) in [6.45, 7) is 7.90. The Labute approximate surface area is 128 Å². The zero-order valence-electron chi connectivity index (χ0n) is 11.7. The van der Waals surface area contributed by atoms with Crippen LogP contribution in [0.3, 0.4) is 0 Å². The Balaban J connectivity index is 2.38. The number of carbonyl (C=O) groups excluding carboxylic acids is 1. The molecule has 0 saturated heterocycles. The van der Waals surface area contributed by atoms with E-state index < -0.39 is 0 Å². The van der Waals surface area contributed by atoms with Gasteiger partial charge in [0.1, 0.15) is 12.4 Å². The van der Waals surface area contributed by atoms with Gasteiger partial charge in [-0.3, -0.25) is 9.69 Å². The summed E-state index contributed by atoms with van der Waals surface area (Å²) in [4.78, 5) is 13.4. The lowest BCUT2D eigenvalue weighted by molar-refractivity contribution is -0.144. The number of esters is 1. The maximum absolute atomic E-state index is 11.5. The number of halogens is 1. The van der Waals surface area contributed by atoms with Crippen LogP contribution in [0.1, 0.15) is 6.92 Å². The minimum atomic E-state index is -0.225. The first-order valence-electron chi connectivity index (χ1n) is 6.53. The van der Waals surface area contributed by atoms with E-state index in [1.165, 1.54) is 0 Å². The van der Waals surface area contributed by atoms with Gasteiger partial charge in [0.2, 0.25) is 0 Å². The van der Waals surface area contributed by atoms with Crippen LogP contribution < -0.4 is 4.74 Å². The molecule has 0 aliphatic rings. The summed E-state index contributed by atoms with van der Waals surface area (Å²) in [7, 11) is 0. The molecule has 0 saturated carbocycles. The van der Waals surface area contributed by atoms with Crippen molar-refractivity contribution < 1.29 is 14.3 Å². The van der Waals surface area contributed by atoms with Crippen LogP contribution in [-0.4, -0.2) is 43.7 Å². The van der Waals surface area contributed by atoms with Crippen LogP contribution in [0.5, 0.6) is 5.75 Å². The highest BCUT2D eigenvalue weighted by Crippen LogP contribution is 2.17.